The first-order chi connectivity index (χ1) is 17.1. The third-order valence-corrected chi connectivity index (χ3v) is 6.89. The first-order valence-electron chi connectivity index (χ1n) is 11.1. The van der Waals surface area contributed by atoms with Crippen molar-refractivity contribution in [2.24, 2.45) is 5.92 Å². The second kappa shape index (κ2) is 8.84. The Morgan fingerprint density at radius 2 is 1.94 bits per heavy atom. The van der Waals surface area contributed by atoms with Crippen molar-refractivity contribution in [3.8, 4) is 33.3 Å². The van der Waals surface area contributed by atoms with Gasteiger partial charge in [-0.15, -0.1) is 11.3 Å². The number of carbonyl (C=O) groups excluding carboxylic acids is 2. The van der Waals surface area contributed by atoms with Crippen LogP contribution < -0.4 is 19.7 Å². The molecule has 2 aliphatic rings. The first-order valence-corrected chi connectivity index (χ1v) is 12.0. The van der Waals surface area contributed by atoms with E-state index in [1.807, 2.05) is 47.8 Å². The smallest absolute Gasteiger partial charge is 0.231 e. The Hall–Kier alpha value is -4.24. The zero-order valence-corrected chi connectivity index (χ0v) is 19.3. The van der Waals surface area contributed by atoms with Gasteiger partial charge in [0.1, 0.15) is 5.01 Å². The maximum absolute atomic E-state index is 13.0. The average molecular weight is 485 g/mol. The van der Waals surface area contributed by atoms with Crippen LogP contribution >= 0.6 is 11.3 Å². The zero-order valence-electron chi connectivity index (χ0n) is 18.5. The topological polar surface area (TPSA) is 93.7 Å². The molecule has 0 aliphatic carbocycles. The lowest BCUT2D eigenvalue weighted by molar-refractivity contribution is -0.122. The average Bonchev–Trinajstić information content (AvgIpc) is 3.64. The third-order valence-electron chi connectivity index (χ3n) is 6.00. The summed E-state index contributed by atoms with van der Waals surface area (Å²) in [6.45, 7) is 0.479. The predicted molar refractivity (Wildman–Crippen MR) is 132 cm³/mol. The van der Waals surface area contributed by atoms with Crippen molar-refractivity contribution in [2.75, 3.05) is 23.6 Å². The molecule has 2 aromatic heterocycles. The number of amides is 2. The monoisotopic (exact) mass is 484 g/mol. The van der Waals surface area contributed by atoms with Gasteiger partial charge >= 0.3 is 0 Å². The van der Waals surface area contributed by atoms with Crippen LogP contribution in [0.1, 0.15) is 6.42 Å². The normalized spacial score (nSPS) is 16.5. The SMILES string of the molecule is O=C(Nc1cccc(-c2csc(-c3cccnc3)n2)c1)C1CC(=O)N(c2ccc3c(c2)OCO3)C1. The standard InChI is InChI=1S/C26H20N4O4S/c31-24-10-18(13-30(24)20-6-7-22-23(11-20)34-15-33-22)25(32)28-19-5-1-3-16(9-19)21-14-35-26(29-21)17-4-2-8-27-12-17/h1-9,11-12,14,18H,10,13,15H2,(H,28,32). The lowest BCUT2D eigenvalue weighted by Gasteiger charge is -2.17. The third kappa shape index (κ3) is 4.22. The van der Waals surface area contributed by atoms with Gasteiger partial charge in [-0.3, -0.25) is 14.6 Å². The fraction of sp³-hybridized carbons (Fsp3) is 0.154. The van der Waals surface area contributed by atoms with Crippen LogP contribution in [-0.4, -0.2) is 35.1 Å². The van der Waals surface area contributed by atoms with Crippen molar-refractivity contribution in [1.82, 2.24) is 9.97 Å². The van der Waals surface area contributed by atoms with Crippen molar-refractivity contribution in [3.63, 3.8) is 0 Å². The van der Waals surface area contributed by atoms with E-state index in [1.165, 1.54) is 0 Å². The van der Waals surface area contributed by atoms with Gasteiger partial charge in [-0.05, 0) is 36.4 Å². The molecule has 9 heteroatoms. The number of hydrogen-bond donors (Lipinski definition) is 1. The van der Waals surface area contributed by atoms with Gasteiger partial charge in [0.15, 0.2) is 11.5 Å². The summed E-state index contributed by atoms with van der Waals surface area (Å²) in [6, 6.07) is 16.8. The quantitative estimate of drug-likeness (QED) is 0.445. The molecule has 0 spiro atoms. The lowest BCUT2D eigenvalue weighted by Crippen LogP contribution is -2.28. The van der Waals surface area contributed by atoms with Crippen molar-refractivity contribution in [3.05, 3.63) is 72.4 Å². The minimum atomic E-state index is -0.451. The number of pyridine rings is 1. The number of ether oxygens (including phenoxy) is 2. The number of carbonyl (C=O) groups is 2. The van der Waals surface area contributed by atoms with Gasteiger partial charge < -0.3 is 19.7 Å². The molecule has 0 bridgehead atoms. The van der Waals surface area contributed by atoms with E-state index in [0.29, 0.717) is 29.4 Å². The van der Waals surface area contributed by atoms with E-state index < -0.39 is 5.92 Å². The van der Waals surface area contributed by atoms with Gasteiger partial charge in [-0.25, -0.2) is 4.98 Å². The minimum absolute atomic E-state index is 0.0943. The highest BCUT2D eigenvalue weighted by Crippen LogP contribution is 2.37. The highest BCUT2D eigenvalue weighted by molar-refractivity contribution is 7.13. The second-order valence-corrected chi connectivity index (χ2v) is 9.15. The van der Waals surface area contributed by atoms with Crippen molar-refractivity contribution in [1.29, 1.82) is 0 Å². The van der Waals surface area contributed by atoms with Crippen molar-refractivity contribution in [2.45, 2.75) is 6.42 Å². The number of fused-ring (bicyclic) bond motifs is 1. The second-order valence-electron chi connectivity index (χ2n) is 8.29. The Morgan fingerprint density at radius 3 is 2.83 bits per heavy atom. The molecule has 1 saturated heterocycles. The number of aromatic nitrogens is 2. The highest BCUT2D eigenvalue weighted by atomic mass is 32.1. The molecule has 174 valence electrons. The molecule has 1 atom stereocenters. The molecule has 8 nitrogen and oxygen atoms in total. The molecule has 35 heavy (non-hydrogen) atoms. The van der Waals surface area contributed by atoms with Crippen LogP contribution in [-0.2, 0) is 9.59 Å². The number of rotatable bonds is 5. The summed E-state index contributed by atoms with van der Waals surface area (Å²) in [4.78, 5) is 36.2. The van der Waals surface area contributed by atoms with E-state index >= 15 is 0 Å². The van der Waals surface area contributed by atoms with Gasteiger partial charge in [-0.1, -0.05) is 12.1 Å². The molecule has 1 N–H and O–H groups in total. The van der Waals surface area contributed by atoms with Crippen LogP contribution in [0.3, 0.4) is 0 Å². The van der Waals surface area contributed by atoms with Crippen molar-refractivity contribution < 1.29 is 19.1 Å². The number of hydrogen-bond acceptors (Lipinski definition) is 7. The van der Waals surface area contributed by atoms with Crippen LogP contribution in [0.15, 0.2) is 72.4 Å². The van der Waals surface area contributed by atoms with E-state index in [0.717, 1.165) is 21.8 Å². The molecule has 4 aromatic rings. The maximum Gasteiger partial charge on any atom is 0.231 e. The molecule has 4 heterocycles. The zero-order chi connectivity index (χ0) is 23.8. The Morgan fingerprint density at radius 1 is 1.06 bits per heavy atom. The molecule has 2 aliphatic heterocycles. The van der Waals surface area contributed by atoms with Gasteiger partial charge in [0.25, 0.3) is 0 Å². The van der Waals surface area contributed by atoms with Crippen LogP contribution in [0, 0.1) is 5.92 Å². The molecule has 6 rings (SSSR count). The van der Waals surface area contributed by atoms with Gasteiger partial charge in [0.05, 0.1) is 11.6 Å². The van der Waals surface area contributed by atoms with E-state index in [9.17, 15) is 9.59 Å². The highest BCUT2D eigenvalue weighted by Gasteiger charge is 2.35. The van der Waals surface area contributed by atoms with E-state index in [2.05, 4.69) is 10.3 Å². The van der Waals surface area contributed by atoms with E-state index in [1.54, 1.807) is 40.8 Å². The van der Waals surface area contributed by atoms with Crippen LogP contribution in [0.25, 0.3) is 21.8 Å². The Balaban J connectivity index is 1.15. The Bertz CT molecular complexity index is 1420. The van der Waals surface area contributed by atoms with Crippen LogP contribution in [0.4, 0.5) is 11.4 Å². The van der Waals surface area contributed by atoms with Gasteiger partial charge in [0, 0.05) is 59.3 Å². The number of anilines is 2. The maximum atomic E-state index is 13.0. The summed E-state index contributed by atoms with van der Waals surface area (Å²) in [5, 5.41) is 5.84. The Labute approximate surface area is 205 Å². The summed E-state index contributed by atoms with van der Waals surface area (Å²) >= 11 is 1.55. The summed E-state index contributed by atoms with van der Waals surface area (Å²) in [5.74, 6) is 0.528. The van der Waals surface area contributed by atoms with E-state index in [-0.39, 0.29) is 25.0 Å². The molecule has 0 radical (unpaired) electrons. The van der Waals surface area contributed by atoms with Crippen LogP contribution in [0.5, 0.6) is 11.5 Å². The van der Waals surface area contributed by atoms with Gasteiger partial charge in [-0.2, -0.15) is 0 Å². The van der Waals surface area contributed by atoms with E-state index in [4.69, 9.17) is 14.5 Å². The molecule has 2 aromatic carbocycles. The number of nitrogens with one attached hydrogen (secondary N) is 1. The van der Waals surface area contributed by atoms with Crippen LogP contribution in [0.2, 0.25) is 0 Å². The van der Waals surface area contributed by atoms with Crippen molar-refractivity contribution >= 4 is 34.5 Å². The summed E-state index contributed by atoms with van der Waals surface area (Å²) < 4.78 is 10.8. The summed E-state index contributed by atoms with van der Waals surface area (Å²) in [5.41, 5.74) is 4.06. The molecular formula is C26H20N4O4S. The largest absolute Gasteiger partial charge is 0.454 e. The fourth-order valence-electron chi connectivity index (χ4n) is 4.21. The first kappa shape index (κ1) is 21.3. The lowest BCUT2D eigenvalue weighted by atomic mass is 10.1. The number of thiazole rings is 1. The van der Waals surface area contributed by atoms with Gasteiger partial charge in [0.2, 0.25) is 18.6 Å². The fourth-order valence-corrected chi connectivity index (χ4v) is 5.03. The molecular weight excluding hydrogens is 464 g/mol. The number of nitrogens with zero attached hydrogens (tertiary/aromatic N) is 3. The molecule has 2 amide bonds. The molecule has 1 fully saturated rings. The summed E-state index contributed by atoms with van der Waals surface area (Å²) in [6.07, 6.45) is 3.67. The summed E-state index contributed by atoms with van der Waals surface area (Å²) in [7, 11) is 0. The number of benzene rings is 2. The predicted octanol–water partition coefficient (Wildman–Crippen LogP) is 4.59. The minimum Gasteiger partial charge on any atom is -0.454 e. The molecule has 1 unspecified atom stereocenters. The molecule has 0 saturated carbocycles. The Kier molecular flexibility index (Phi) is 5.38.